The van der Waals surface area contributed by atoms with Gasteiger partial charge in [-0.25, -0.2) is 0 Å². The Labute approximate surface area is 103 Å². The third kappa shape index (κ3) is 2.82. The van der Waals surface area contributed by atoms with Crippen molar-refractivity contribution in [1.29, 1.82) is 0 Å². The number of aromatic nitrogens is 2. The van der Waals surface area contributed by atoms with E-state index in [1.807, 2.05) is 6.92 Å². The summed E-state index contributed by atoms with van der Waals surface area (Å²) in [5.74, 6) is 0.545. The number of aryl methyl sites for hydroxylation is 1. The van der Waals surface area contributed by atoms with Crippen LogP contribution in [-0.4, -0.2) is 22.9 Å². The molecule has 1 N–H and O–H groups in total. The maximum Gasteiger partial charge on any atom is 0.389 e. The first kappa shape index (κ1) is 13.3. The second kappa shape index (κ2) is 4.87. The van der Waals surface area contributed by atoms with E-state index in [-0.39, 0.29) is 17.8 Å². The lowest BCUT2D eigenvalue weighted by atomic mass is 9.94. The van der Waals surface area contributed by atoms with Crippen molar-refractivity contribution in [3.8, 4) is 0 Å². The molecular formula is C11H16F3N3O. The zero-order valence-electron chi connectivity index (χ0n) is 10.2. The third-order valence-corrected chi connectivity index (χ3v) is 3.36. The van der Waals surface area contributed by atoms with Gasteiger partial charge in [0.15, 0.2) is 5.82 Å². The van der Waals surface area contributed by atoms with Crippen LogP contribution in [0.15, 0.2) is 4.52 Å². The van der Waals surface area contributed by atoms with Gasteiger partial charge < -0.3 is 9.84 Å². The maximum absolute atomic E-state index is 12.1. The quantitative estimate of drug-likeness (QED) is 0.907. The lowest BCUT2D eigenvalue weighted by Crippen LogP contribution is -2.36. The highest BCUT2D eigenvalue weighted by atomic mass is 19.4. The fourth-order valence-electron chi connectivity index (χ4n) is 2.25. The summed E-state index contributed by atoms with van der Waals surface area (Å²) in [5.41, 5.74) is -0.344. The Balaban J connectivity index is 2.05. The summed E-state index contributed by atoms with van der Waals surface area (Å²) >= 11 is 0. The van der Waals surface area contributed by atoms with Crippen LogP contribution in [0, 0.1) is 0 Å². The molecule has 0 spiro atoms. The van der Waals surface area contributed by atoms with E-state index >= 15 is 0 Å². The van der Waals surface area contributed by atoms with Crippen LogP contribution in [0.25, 0.3) is 0 Å². The number of hydrogen-bond acceptors (Lipinski definition) is 4. The van der Waals surface area contributed by atoms with E-state index in [4.69, 9.17) is 4.52 Å². The Bertz CT molecular complexity index is 396. The molecule has 0 amide bonds. The molecule has 7 heteroatoms. The van der Waals surface area contributed by atoms with Gasteiger partial charge in [0.05, 0.1) is 12.0 Å². The number of hydrogen-bond donors (Lipinski definition) is 1. The molecule has 0 bridgehead atoms. The summed E-state index contributed by atoms with van der Waals surface area (Å²) in [4.78, 5) is 4.10. The van der Waals surface area contributed by atoms with Crippen molar-refractivity contribution < 1.29 is 17.7 Å². The van der Waals surface area contributed by atoms with Gasteiger partial charge in [0.25, 0.3) is 0 Å². The zero-order valence-corrected chi connectivity index (χ0v) is 10.2. The number of rotatable bonds is 4. The van der Waals surface area contributed by atoms with Gasteiger partial charge in [-0.3, -0.25) is 0 Å². The highest BCUT2D eigenvalue weighted by Crippen LogP contribution is 2.33. The molecule has 4 nitrogen and oxygen atoms in total. The summed E-state index contributed by atoms with van der Waals surface area (Å²) in [6, 6.07) is 0. The molecule has 0 aromatic carbocycles. The summed E-state index contributed by atoms with van der Waals surface area (Å²) < 4.78 is 41.4. The lowest BCUT2D eigenvalue weighted by Gasteiger charge is -2.22. The minimum Gasteiger partial charge on any atom is -0.337 e. The second-order valence-corrected chi connectivity index (χ2v) is 4.60. The molecule has 0 aliphatic carbocycles. The summed E-state index contributed by atoms with van der Waals surface area (Å²) in [5, 5.41) is 6.93. The fraction of sp³-hybridized carbons (Fsp3) is 0.818. The smallest absolute Gasteiger partial charge is 0.337 e. The molecule has 102 valence electrons. The van der Waals surface area contributed by atoms with Gasteiger partial charge in [-0.1, -0.05) is 12.1 Å². The van der Waals surface area contributed by atoms with E-state index in [0.717, 1.165) is 25.8 Å². The van der Waals surface area contributed by atoms with Crippen LogP contribution >= 0.6 is 0 Å². The predicted octanol–water partition coefficient (Wildman–Crippen LogP) is 2.55. The Morgan fingerprint density at radius 3 is 2.78 bits per heavy atom. The van der Waals surface area contributed by atoms with Gasteiger partial charge in [0, 0.05) is 6.42 Å². The van der Waals surface area contributed by atoms with Crippen LogP contribution in [-0.2, 0) is 12.0 Å². The van der Waals surface area contributed by atoms with E-state index in [0.29, 0.717) is 5.89 Å². The van der Waals surface area contributed by atoms with Gasteiger partial charge in [-0.05, 0) is 25.8 Å². The van der Waals surface area contributed by atoms with Crippen molar-refractivity contribution in [2.24, 2.45) is 0 Å². The van der Waals surface area contributed by atoms with Crippen molar-refractivity contribution in [3.63, 3.8) is 0 Å². The number of alkyl halides is 3. The minimum absolute atomic E-state index is 0.129. The van der Waals surface area contributed by atoms with Crippen molar-refractivity contribution in [1.82, 2.24) is 15.5 Å². The first-order valence-corrected chi connectivity index (χ1v) is 6.10. The molecule has 1 aliphatic heterocycles. The van der Waals surface area contributed by atoms with Crippen LogP contribution in [0.5, 0.6) is 0 Å². The Kier molecular flexibility index (Phi) is 3.61. The van der Waals surface area contributed by atoms with Crippen molar-refractivity contribution in [3.05, 3.63) is 11.7 Å². The number of halogens is 3. The van der Waals surface area contributed by atoms with Gasteiger partial charge in [-0.2, -0.15) is 18.2 Å². The molecular weight excluding hydrogens is 247 g/mol. The van der Waals surface area contributed by atoms with Crippen LogP contribution in [0.2, 0.25) is 0 Å². The van der Waals surface area contributed by atoms with Gasteiger partial charge in [0.2, 0.25) is 5.89 Å². The number of nitrogens with one attached hydrogen (secondary N) is 1. The molecule has 1 atom stereocenters. The van der Waals surface area contributed by atoms with Crippen molar-refractivity contribution in [2.75, 3.05) is 6.54 Å². The first-order chi connectivity index (χ1) is 8.45. The second-order valence-electron chi connectivity index (χ2n) is 4.60. The van der Waals surface area contributed by atoms with Crippen molar-refractivity contribution >= 4 is 0 Å². The summed E-state index contributed by atoms with van der Waals surface area (Å²) in [6.07, 6.45) is -2.66. The maximum atomic E-state index is 12.1. The standard InChI is InChI=1S/C11H16F3N3O/c1-2-10(5-3-7-15-10)9-16-8(17-18-9)4-6-11(12,13)14/h15H,2-7H2,1H3. The van der Waals surface area contributed by atoms with Gasteiger partial charge >= 0.3 is 6.18 Å². The molecule has 2 heterocycles. The van der Waals surface area contributed by atoms with E-state index in [1.54, 1.807) is 0 Å². The topological polar surface area (TPSA) is 51.0 Å². The fourth-order valence-corrected chi connectivity index (χ4v) is 2.25. The molecule has 0 saturated carbocycles. The van der Waals surface area contributed by atoms with Gasteiger partial charge in [0.1, 0.15) is 0 Å². The van der Waals surface area contributed by atoms with E-state index in [1.165, 1.54) is 0 Å². The first-order valence-electron chi connectivity index (χ1n) is 6.10. The Morgan fingerprint density at radius 2 is 2.22 bits per heavy atom. The van der Waals surface area contributed by atoms with E-state index in [9.17, 15) is 13.2 Å². The third-order valence-electron chi connectivity index (χ3n) is 3.36. The van der Waals surface area contributed by atoms with Crippen LogP contribution in [0.4, 0.5) is 13.2 Å². The highest BCUT2D eigenvalue weighted by molar-refractivity contribution is 5.06. The van der Waals surface area contributed by atoms with Crippen LogP contribution in [0.3, 0.4) is 0 Å². The Morgan fingerprint density at radius 1 is 1.44 bits per heavy atom. The zero-order chi connectivity index (χ0) is 13.2. The molecule has 1 unspecified atom stereocenters. The normalized spacial score (nSPS) is 24.7. The van der Waals surface area contributed by atoms with Crippen LogP contribution in [0.1, 0.15) is 44.3 Å². The molecule has 1 aliphatic rings. The molecule has 1 aromatic rings. The molecule has 18 heavy (non-hydrogen) atoms. The predicted molar refractivity (Wildman–Crippen MR) is 57.9 cm³/mol. The molecule has 1 saturated heterocycles. The largest absolute Gasteiger partial charge is 0.389 e. The summed E-state index contributed by atoms with van der Waals surface area (Å²) in [7, 11) is 0. The molecule has 1 fully saturated rings. The molecule has 0 radical (unpaired) electrons. The molecule has 2 rings (SSSR count). The summed E-state index contributed by atoms with van der Waals surface area (Å²) in [6.45, 7) is 2.87. The average Bonchev–Trinajstić information content (AvgIpc) is 2.95. The van der Waals surface area contributed by atoms with Gasteiger partial charge in [-0.15, -0.1) is 0 Å². The van der Waals surface area contributed by atoms with Crippen LogP contribution < -0.4 is 5.32 Å². The Hall–Kier alpha value is -1.11. The monoisotopic (exact) mass is 263 g/mol. The average molecular weight is 263 g/mol. The minimum atomic E-state index is -4.19. The highest BCUT2D eigenvalue weighted by Gasteiger charge is 2.39. The van der Waals surface area contributed by atoms with E-state index < -0.39 is 12.6 Å². The van der Waals surface area contributed by atoms with Crippen molar-refractivity contribution in [2.45, 2.75) is 50.7 Å². The lowest BCUT2D eigenvalue weighted by molar-refractivity contribution is -0.134. The number of nitrogens with zero attached hydrogens (tertiary/aromatic N) is 2. The molecule has 1 aromatic heterocycles. The SMILES string of the molecule is CCC1(c2nc(CCC(F)(F)F)no2)CCCN1. The van der Waals surface area contributed by atoms with E-state index in [2.05, 4.69) is 15.5 Å².